The molecular formula is C18H23N3O3. The monoisotopic (exact) mass is 329 g/mol. The highest BCUT2D eigenvalue weighted by molar-refractivity contribution is 6.19. The Morgan fingerprint density at radius 3 is 2.50 bits per heavy atom. The molecule has 2 fully saturated rings. The summed E-state index contributed by atoms with van der Waals surface area (Å²) in [6, 6.07) is 7.54. The molecule has 24 heavy (non-hydrogen) atoms. The lowest BCUT2D eigenvalue weighted by atomic mass is 9.99. The molecule has 4 amide bonds. The van der Waals surface area contributed by atoms with E-state index in [0.29, 0.717) is 18.7 Å². The number of carbonyl (C=O) groups excluding carboxylic acids is 3. The van der Waals surface area contributed by atoms with Gasteiger partial charge < -0.3 is 10.2 Å². The van der Waals surface area contributed by atoms with E-state index >= 15 is 0 Å². The first-order valence-corrected chi connectivity index (χ1v) is 8.58. The average Bonchev–Trinajstić information content (AvgIpc) is 3.00. The molecule has 1 aromatic rings. The van der Waals surface area contributed by atoms with Crippen LogP contribution in [0.1, 0.15) is 33.1 Å². The molecule has 0 saturated carbocycles. The van der Waals surface area contributed by atoms with Crippen LogP contribution in [0.25, 0.3) is 0 Å². The molecule has 1 aromatic carbocycles. The number of imide groups is 1. The molecule has 0 radical (unpaired) electrons. The molecule has 2 unspecified atom stereocenters. The van der Waals surface area contributed by atoms with E-state index < -0.39 is 12.1 Å². The van der Waals surface area contributed by atoms with Crippen LogP contribution in [0, 0.1) is 5.92 Å². The summed E-state index contributed by atoms with van der Waals surface area (Å²) >= 11 is 0. The second-order valence-corrected chi connectivity index (χ2v) is 6.34. The zero-order chi connectivity index (χ0) is 17.3. The predicted octanol–water partition coefficient (Wildman–Crippen LogP) is 2.15. The van der Waals surface area contributed by atoms with Crippen molar-refractivity contribution in [2.45, 2.75) is 45.2 Å². The summed E-state index contributed by atoms with van der Waals surface area (Å²) in [4.78, 5) is 41.0. The third-order valence-corrected chi connectivity index (χ3v) is 5.02. The number of amides is 4. The Balaban J connectivity index is 1.89. The first kappa shape index (κ1) is 16.5. The summed E-state index contributed by atoms with van der Waals surface area (Å²) in [5.41, 5.74) is 0.528. The number of fused-ring (bicyclic) bond motifs is 1. The number of rotatable bonds is 4. The molecule has 2 aliphatic heterocycles. The Labute approximate surface area is 141 Å². The van der Waals surface area contributed by atoms with E-state index in [-0.39, 0.29) is 23.8 Å². The minimum atomic E-state index is -0.601. The van der Waals surface area contributed by atoms with Crippen molar-refractivity contribution in [3.8, 4) is 0 Å². The smallest absolute Gasteiger partial charge is 0.329 e. The Kier molecular flexibility index (Phi) is 4.55. The van der Waals surface area contributed by atoms with Crippen LogP contribution in [-0.4, -0.2) is 41.4 Å². The summed E-state index contributed by atoms with van der Waals surface area (Å²) in [5, 5.41) is 2.89. The van der Waals surface area contributed by atoms with Crippen LogP contribution in [0.15, 0.2) is 30.3 Å². The van der Waals surface area contributed by atoms with E-state index in [4.69, 9.17) is 0 Å². The molecule has 2 saturated heterocycles. The maximum absolute atomic E-state index is 13.0. The molecule has 2 atom stereocenters. The molecule has 128 valence electrons. The standard InChI is InChI=1S/C18H23N3O3/c1-3-12(4-2)16(22)20-11-10-14-15(20)17(23)21(18(24)19-14)13-8-6-5-7-9-13/h5-9,12,14-15H,3-4,10-11H2,1-2H3,(H,19,24). The number of carbonyl (C=O) groups is 3. The van der Waals surface area contributed by atoms with Gasteiger partial charge in [-0.05, 0) is 31.4 Å². The fourth-order valence-corrected chi connectivity index (χ4v) is 3.65. The normalized spacial score (nSPS) is 23.5. The minimum absolute atomic E-state index is 0.0185. The van der Waals surface area contributed by atoms with E-state index in [2.05, 4.69) is 5.32 Å². The van der Waals surface area contributed by atoms with Gasteiger partial charge in [0.2, 0.25) is 5.91 Å². The third-order valence-electron chi connectivity index (χ3n) is 5.02. The molecular weight excluding hydrogens is 306 g/mol. The molecule has 6 heteroatoms. The van der Waals surface area contributed by atoms with Crippen molar-refractivity contribution >= 4 is 23.5 Å². The maximum Gasteiger partial charge on any atom is 0.329 e. The van der Waals surface area contributed by atoms with E-state index in [1.54, 1.807) is 29.2 Å². The van der Waals surface area contributed by atoms with Crippen LogP contribution in [0.5, 0.6) is 0 Å². The average molecular weight is 329 g/mol. The van der Waals surface area contributed by atoms with E-state index in [1.165, 1.54) is 0 Å². The second-order valence-electron chi connectivity index (χ2n) is 6.34. The SMILES string of the molecule is CCC(CC)C(=O)N1CCC2NC(=O)N(c3ccccc3)C(=O)C21. The zero-order valence-corrected chi connectivity index (χ0v) is 14.1. The Morgan fingerprint density at radius 1 is 1.21 bits per heavy atom. The highest BCUT2D eigenvalue weighted by Crippen LogP contribution is 2.29. The van der Waals surface area contributed by atoms with Gasteiger partial charge >= 0.3 is 6.03 Å². The van der Waals surface area contributed by atoms with Crippen molar-refractivity contribution in [2.24, 2.45) is 5.92 Å². The number of hydrogen-bond donors (Lipinski definition) is 1. The highest BCUT2D eigenvalue weighted by atomic mass is 16.2. The molecule has 2 aliphatic rings. The van der Waals surface area contributed by atoms with Gasteiger partial charge in [-0.25, -0.2) is 9.69 Å². The van der Waals surface area contributed by atoms with Crippen LogP contribution in [0.4, 0.5) is 10.5 Å². The largest absolute Gasteiger partial charge is 0.332 e. The number of para-hydroxylation sites is 1. The highest BCUT2D eigenvalue weighted by Gasteiger charge is 2.50. The van der Waals surface area contributed by atoms with Crippen molar-refractivity contribution < 1.29 is 14.4 Å². The van der Waals surface area contributed by atoms with Crippen LogP contribution in [-0.2, 0) is 9.59 Å². The molecule has 6 nitrogen and oxygen atoms in total. The van der Waals surface area contributed by atoms with Crippen molar-refractivity contribution in [1.29, 1.82) is 0 Å². The van der Waals surface area contributed by atoms with Crippen LogP contribution >= 0.6 is 0 Å². The molecule has 2 heterocycles. The topological polar surface area (TPSA) is 69.7 Å². The molecule has 0 aliphatic carbocycles. The van der Waals surface area contributed by atoms with Gasteiger partial charge in [-0.3, -0.25) is 9.59 Å². The first-order valence-electron chi connectivity index (χ1n) is 8.58. The quantitative estimate of drug-likeness (QED) is 0.920. The Morgan fingerprint density at radius 2 is 1.88 bits per heavy atom. The molecule has 0 aromatic heterocycles. The van der Waals surface area contributed by atoms with E-state index in [1.807, 2.05) is 19.9 Å². The van der Waals surface area contributed by atoms with Gasteiger partial charge in [0, 0.05) is 12.5 Å². The van der Waals surface area contributed by atoms with Crippen molar-refractivity contribution in [2.75, 3.05) is 11.4 Å². The minimum Gasteiger partial charge on any atom is -0.332 e. The number of benzene rings is 1. The summed E-state index contributed by atoms with van der Waals surface area (Å²) in [6.45, 7) is 4.49. The number of nitrogens with zero attached hydrogens (tertiary/aromatic N) is 2. The van der Waals surface area contributed by atoms with Crippen LogP contribution < -0.4 is 10.2 Å². The van der Waals surface area contributed by atoms with Gasteiger partial charge in [-0.1, -0.05) is 32.0 Å². The first-order chi connectivity index (χ1) is 11.6. The fraction of sp³-hybridized carbons (Fsp3) is 0.500. The van der Waals surface area contributed by atoms with Crippen molar-refractivity contribution in [1.82, 2.24) is 10.2 Å². The van der Waals surface area contributed by atoms with Gasteiger partial charge in [-0.2, -0.15) is 0 Å². The zero-order valence-electron chi connectivity index (χ0n) is 14.1. The van der Waals surface area contributed by atoms with Gasteiger partial charge in [0.1, 0.15) is 6.04 Å². The summed E-state index contributed by atoms with van der Waals surface area (Å²) in [5.74, 6) is -0.365. The number of likely N-dealkylation sites (tertiary alicyclic amines) is 1. The molecule has 0 spiro atoms. The fourth-order valence-electron chi connectivity index (χ4n) is 3.65. The lowest BCUT2D eigenvalue weighted by Crippen LogP contribution is -2.65. The van der Waals surface area contributed by atoms with Crippen molar-refractivity contribution in [3.63, 3.8) is 0 Å². The molecule has 3 rings (SSSR count). The summed E-state index contributed by atoms with van der Waals surface area (Å²) in [7, 11) is 0. The van der Waals surface area contributed by atoms with Crippen LogP contribution in [0.3, 0.4) is 0 Å². The summed E-state index contributed by atoms with van der Waals surface area (Å²) in [6.07, 6.45) is 2.13. The molecule has 1 N–H and O–H groups in total. The lowest BCUT2D eigenvalue weighted by Gasteiger charge is -2.37. The number of anilines is 1. The lowest BCUT2D eigenvalue weighted by molar-refractivity contribution is -0.141. The van der Waals surface area contributed by atoms with Gasteiger partial charge in [0.15, 0.2) is 0 Å². The maximum atomic E-state index is 13.0. The molecule has 0 bridgehead atoms. The summed E-state index contributed by atoms with van der Waals surface area (Å²) < 4.78 is 0. The van der Waals surface area contributed by atoms with Gasteiger partial charge in [0.25, 0.3) is 5.91 Å². The van der Waals surface area contributed by atoms with Crippen molar-refractivity contribution in [3.05, 3.63) is 30.3 Å². The number of nitrogens with one attached hydrogen (secondary N) is 1. The van der Waals surface area contributed by atoms with Crippen LogP contribution in [0.2, 0.25) is 0 Å². The van der Waals surface area contributed by atoms with E-state index in [9.17, 15) is 14.4 Å². The van der Waals surface area contributed by atoms with E-state index in [0.717, 1.165) is 17.7 Å². The van der Waals surface area contributed by atoms with Gasteiger partial charge in [0.05, 0.1) is 11.7 Å². The third kappa shape index (κ3) is 2.66. The second kappa shape index (κ2) is 6.63. The number of hydrogen-bond acceptors (Lipinski definition) is 3. The number of urea groups is 1. The Hall–Kier alpha value is -2.37. The Bertz CT molecular complexity index is 642. The predicted molar refractivity (Wildman–Crippen MR) is 90.4 cm³/mol. The van der Waals surface area contributed by atoms with Gasteiger partial charge in [-0.15, -0.1) is 0 Å².